The summed E-state index contributed by atoms with van der Waals surface area (Å²) in [6, 6.07) is 66.0. The minimum Gasteiger partial charge on any atom is -0.456 e. The quantitative estimate of drug-likeness (QED) is 0.178. The number of hydrogen-bond donors (Lipinski definition) is 0. The monoisotopic (exact) mass is 812 g/mol. The van der Waals surface area contributed by atoms with Crippen molar-refractivity contribution in [3.63, 3.8) is 0 Å². The molecule has 4 aromatic heterocycles. The van der Waals surface area contributed by atoms with Crippen LogP contribution in [-0.4, -0.2) is 4.57 Å². The predicted octanol–water partition coefficient (Wildman–Crippen LogP) is 16.7. The first-order valence-corrected chi connectivity index (χ1v) is 22.1. The fourth-order valence-corrected chi connectivity index (χ4v) is 12.0. The highest BCUT2D eigenvalue weighted by molar-refractivity contribution is 7.26. The zero-order valence-corrected chi connectivity index (χ0v) is 34.8. The third kappa shape index (κ3) is 4.45. The molecule has 0 spiro atoms. The van der Waals surface area contributed by atoms with E-state index in [0.717, 1.165) is 77.7 Å². The van der Waals surface area contributed by atoms with Gasteiger partial charge in [-0.1, -0.05) is 141 Å². The predicted molar refractivity (Wildman–Crippen MR) is 260 cm³/mol. The molecule has 0 fully saturated rings. The molecule has 1 aliphatic carbocycles. The first kappa shape index (κ1) is 34.1. The second-order valence-electron chi connectivity index (χ2n) is 17.2. The molecule has 0 bridgehead atoms. The van der Waals surface area contributed by atoms with Gasteiger partial charge in [-0.25, -0.2) is 0 Å². The Morgan fingerprint density at radius 2 is 1.11 bits per heavy atom. The standard InChI is InChI=1S/C57H36N2O2S/c1-57(2)43-22-8-3-15-34(43)35-30-29-33(31-44(35)57)58(48-26-14-21-40-38-18-7-12-28-51(38)62-56(40)48)47-25-13-20-39-42-32-50-52(41-19-6-11-27-49(41)60-50)53(55(42)61-54(39)47)59-45-23-9-4-16-36(45)37-17-5-10-24-46(37)59/h3-32H,1-2H3. The maximum atomic E-state index is 7.54. The Balaban J connectivity index is 1.11. The summed E-state index contributed by atoms with van der Waals surface area (Å²) in [6.07, 6.45) is 0. The molecule has 0 saturated heterocycles. The summed E-state index contributed by atoms with van der Waals surface area (Å²) in [7, 11) is 0. The number of anilines is 3. The SMILES string of the molecule is CC1(C)c2ccccc2-c2ccc(N(c3cccc4c3oc3c(-n5c6ccccc6c6ccccc65)c5c(cc34)oc3ccccc35)c3cccc4c3sc3ccccc34)cc21. The molecule has 0 saturated carbocycles. The summed E-state index contributed by atoms with van der Waals surface area (Å²) in [5.41, 5.74) is 14.8. The molecular weight excluding hydrogens is 777 g/mol. The van der Waals surface area contributed by atoms with Gasteiger partial charge in [-0.15, -0.1) is 11.3 Å². The molecule has 0 atom stereocenters. The number of fused-ring (bicyclic) bond motifs is 15. The summed E-state index contributed by atoms with van der Waals surface area (Å²) in [5, 5.41) is 9.05. The van der Waals surface area contributed by atoms with Crippen molar-refractivity contribution in [1.82, 2.24) is 4.57 Å². The van der Waals surface area contributed by atoms with E-state index < -0.39 is 0 Å². The number of furan rings is 2. The first-order chi connectivity index (χ1) is 30.5. The van der Waals surface area contributed by atoms with Crippen molar-refractivity contribution in [3.8, 4) is 16.8 Å². The zero-order valence-electron chi connectivity index (χ0n) is 33.9. The molecule has 4 nitrogen and oxygen atoms in total. The van der Waals surface area contributed by atoms with Gasteiger partial charge in [0.2, 0.25) is 0 Å². The van der Waals surface area contributed by atoms with E-state index in [-0.39, 0.29) is 5.41 Å². The smallest absolute Gasteiger partial charge is 0.160 e. The molecule has 62 heavy (non-hydrogen) atoms. The molecule has 5 heteroatoms. The largest absolute Gasteiger partial charge is 0.456 e. The van der Waals surface area contributed by atoms with Crippen LogP contribution in [0.15, 0.2) is 191 Å². The summed E-state index contributed by atoms with van der Waals surface area (Å²) in [6.45, 7) is 4.71. The normalized spacial score (nSPS) is 13.5. The average Bonchev–Trinajstić information content (AvgIpc) is 4.11. The lowest BCUT2D eigenvalue weighted by molar-refractivity contribution is 0.660. The van der Waals surface area contributed by atoms with E-state index >= 15 is 0 Å². The summed E-state index contributed by atoms with van der Waals surface area (Å²) >= 11 is 1.85. The van der Waals surface area contributed by atoms with Crippen molar-refractivity contribution < 1.29 is 8.83 Å². The van der Waals surface area contributed by atoms with Crippen molar-refractivity contribution in [2.75, 3.05) is 4.90 Å². The van der Waals surface area contributed by atoms with Crippen molar-refractivity contribution in [2.45, 2.75) is 19.3 Å². The van der Waals surface area contributed by atoms with E-state index in [1.807, 2.05) is 17.4 Å². The van der Waals surface area contributed by atoms with Gasteiger partial charge < -0.3 is 18.3 Å². The number of thiophene rings is 1. The Kier molecular flexibility index (Phi) is 6.75. The van der Waals surface area contributed by atoms with Crippen molar-refractivity contribution in [2.24, 2.45) is 0 Å². The van der Waals surface area contributed by atoms with Crippen LogP contribution in [0.1, 0.15) is 25.0 Å². The molecule has 292 valence electrons. The molecule has 9 aromatic carbocycles. The lowest BCUT2D eigenvalue weighted by atomic mass is 9.82. The number of hydrogen-bond acceptors (Lipinski definition) is 4. The third-order valence-corrected chi connectivity index (χ3v) is 14.8. The summed E-state index contributed by atoms with van der Waals surface area (Å²) in [4.78, 5) is 2.45. The van der Waals surface area contributed by atoms with Gasteiger partial charge >= 0.3 is 0 Å². The molecule has 1 aliphatic rings. The first-order valence-electron chi connectivity index (χ1n) is 21.3. The lowest BCUT2D eigenvalue weighted by Crippen LogP contribution is -2.16. The fourth-order valence-electron chi connectivity index (χ4n) is 10.8. The van der Waals surface area contributed by atoms with E-state index in [4.69, 9.17) is 8.83 Å². The lowest BCUT2D eigenvalue weighted by Gasteiger charge is -2.28. The van der Waals surface area contributed by atoms with Crippen LogP contribution in [0.5, 0.6) is 0 Å². The van der Waals surface area contributed by atoms with E-state index in [9.17, 15) is 0 Å². The molecule has 4 heterocycles. The van der Waals surface area contributed by atoms with Crippen LogP contribution in [0.3, 0.4) is 0 Å². The number of para-hydroxylation sites is 4. The topological polar surface area (TPSA) is 34.5 Å². The Morgan fingerprint density at radius 1 is 0.468 bits per heavy atom. The van der Waals surface area contributed by atoms with E-state index in [1.165, 1.54) is 53.2 Å². The highest BCUT2D eigenvalue weighted by Gasteiger charge is 2.36. The van der Waals surface area contributed by atoms with Crippen molar-refractivity contribution in [1.29, 1.82) is 0 Å². The molecule has 14 rings (SSSR count). The fraction of sp³-hybridized carbons (Fsp3) is 0.0526. The van der Waals surface area contributed by atoms with E-state index in [0.29, 0.717) is 0 Å². The molecule has 0 radical (unpaired) electrons. The summed E-state index contributed by atoms with van der Waals surface area (Å²) in [5.74, 6) is 0. The number of benzene rings is 9. The van der Waals surface area contributed by atoms with Crippen LogP contribution in [0, 0.1) is 0 Å². The summed E-state index contributed by atoms with van der Waals surface area (Å²) < 4.78 is 19.2. The van der Waals surface area contributed by atoms with Gasteiger partial charge in [0.05, 0.1) is 32.5 Å². The van der Waals surface area contributed by atoms with E-state index in [2.05, 4.69) is 199 Å². The zero-order chi connectivity index (χ0) is 40.8. The number of aromatic nitrogens is 1. The maximum absolute atomic E-state index is 7.54. The van der Waals surface area contributed by atoms with Crippen molar-refractivity contribution in [3.05, 3.63) is 193 Å². The second-order valence-corrected chi connectivity index (χ2v) is 18.2. The third-order valence-electron chi connectivity index (χ3n) is 13.6. The van der Waals surface area contributed by atoms with Crippen LogP contribution in [0.25, 0.3) is 103 Å². The second kappa shape index (κ2) is 12.3. The van der Waals surface area contributed by atoms with Gasteiger partial charge in [0.25, 0.3) is 0 Å². The van der Waals surface area contributed by atoms with Gasteiger partial charge in [0.15, 0.2) is 11.2 Å². The highest BCUT2D eigenvalue weighted by atomic mass is 32.1. The Hall–Kier alpha value is -7.60. The molecular formula is C57H36N2O2S. The van der Waals surface area contributed by atoms with Crippen LogP contribution >= 0.6 is 11.3 Å². The maximum Gasteiger partial charge on any atom is 0.160 e. The Bertz CT molecular complexity index is 3990. The Morgan fingerprint density at radius 3 is 1.94 bits per heavy atom. The molecule has 0 aliphatic heterocycles. The van der Waals surface area contributed by atoms with Crippen LogP contribution in [0.2, 0.25) is 0 Å². The molecule has 0 unspecified atom stereocenters. The van der Waals surface area contributed by atoms with Crippen LogP contribution < -0.4 is 4.90 Å². The van der Waals surface area contributed by atoms with Gasteiger partial charge in [0, 0.05) is 53.5 Å². The molecule has 0 amide bonds. The minimum absolute atomic E-state index is 0.170. The van der Waals surface area contributed by atoms with Crippen LogP contribution in [0.4, 0.5) is 17.1 Å². The van der Waals surface area contributed by atoms with Gasteiger partial charge in [-0.3, -0.25) is 0 Å². The molecule has 13 aromatic rings. The highest BCUT2D eigenvalue weighted by Crippen LogP contribution is 2.54. The van der Waals surface area contributed by atoms with Gasteiger partial charge in [-0.05, 0) is 76.9 Å². The van der Waals surface area contributed by atoms with Crippen molar-refractivity contribution >= 4 is 114 Å². The van der Waals surface area contributed by atoms with Gasteiger partial charge in [0.1, 0.15) is 16.9 Å². The Labute approximate surface area is 360 Å². The molecule has 0 N–H and O–H groups in total. The number of rotatable bonds is 4. The van der Waals surface area contributed by atoms with E-state index in [1.54, 1.807) is 0 Å². The van der Waals surface area contributed by atoms with Gasteiger partial charge in [-0.2, -0.15) is 0 Å². The minimum atomic E-state index is -0.170. The average molecular weight is 813 g/mol. The van der Waals surface area contributed by atoms with Crippen LogP contribution in [-0.2, 0) is 5.41 Å². The number of nitrogens with zero attached hydrogens (tertiary/aromatic N) is 2.